The Morgan fingerprint density at radius 1 is 1.05 bits per heavy atom. The number of carbonyl (C=O) groups is 2. The number of methoxy groups -OCH3 is 3. The lowest BCUT2D eigenvalue weighted by Crippen LogP contribution is -2.36. The third-order valence-corrected chi connectivity index (χ3v) is 3.84. The maximum Gasteiger partial charge on any atom is 0.306 e. The molecule has 1 aromatic carbocycles. The summed E-state index contributed by atoms with van der Waals surface area (Å²) in [5.74, 6) is 0.958. The van der Waals surface area contributed by atoms with Gasteiger partial charge in [-0.1, -0.05) is 0 Å². The Morgan fingerprint density at radius 2 is 1.68 bits per heavy atom. The Bertz CT molecular complexity index is 570. The van der Waals surface area contributed by atoms with Crippen molar-refractivity contribution in [1.29, 1.82) is 0 Å². The summed E-state index contributed by atoms with van der Waals surface area (Å²) in [6.45, 7) is 1.16. The Morgan fingerprint density at radius 3 is 2.27 bits per heavy atom. The summed E-state index contributed by atoms with van der Waals surface area (Å²) in [7, 11) is 4.52. The van der Waals surface area contributed by atoms with Gasteiger partial charge in [-0.05, 0) is 29.7 Å². The van der Waals surface area contributed by atoms with E-state index < -0.39 is 0 Å². The summed E-state index contributed by atoms with van der Waals surface area (Å²) in [4.78, 5) is 25.1. The normalized spacial score (nSPS) is 13.3. The standard InChI is InChI=1S/C16H21NO5/c1-20-13-8-11-6-7-17(10-12(11)9-14(13)21-2)15(18)4-5-16(19)22-3/h8-9H,4-7,10H2,1-3H3. The number of hydrogen-bond acceptors (Lipinski definition) is 5. The third kappa shape index (κ3) is 3.50. The average Bonchev–Trinajstić information content (AvgIpc) is 2.57. The first-order chi connectivity index (χ1) is 10.6. The molecule has 0 unspecified atom stereocenters. The fourth-order valence-electron chi connectivity index (χ4n) is 2.57. The fraction of sp³-hybridized carbons (Fsp3) is 0.500. The van der Waals surface area contributed by atoms with Crippen molar-refractivity contribution in [1.82, 2.24) is 4.90 Å². The zero-order valence-corrected chi connectivity index (χ0v) is 13.2. The lowest BCUT2D eigenvalue weighted by molar-refractivity contribution is -0.143. The first-order valence-electron chi connectivity index (χ1n) is 7.17. The quantitative estimate of drug-likeness (QED) is 0.772. The predicted octanol–water partition coefficient (Wildman–Crippen LogP) is 1.54. The van der Waals surface area contributed by atoms with Crippen molar-refractivity contribution in [2.75, 3.05) is 27.9 Å². The van der Waals surface area contributed by atoms with Crippen molar-refractivity contribution < 1.29 is 23.8 Å². The SMILES string of the molecule is COC(=O)CCC(=O)N1CCc2cc(OC)c(OC)cc2C1. The van der Waals surface area contributed by atoms with Crippen molar-refractivity contribution in [3.8, 4) is 11.5 Å². The molecule has 2 rings (SSSR count). The Balaban J connectivity index is 2.07. The first-order valence-corrected chi connectivity index (χ1v) is 7.17. The molecule has 0 saturated heterocycles. The molecule has 1 heterocycles. The number of rotatable bonds is 5. The molecular weight excluding hydrogens is 286 g/mol. The van der Waals surface area contributed by atoms with Crippen molar-refractivity contribution in [3.63, 3.8) is 0 Å². The minimum absolute atomic E-state index is 0.0363. The van der Waals surface area contributed by atoms with Gasteiger partial charge in [-0.25, -0.2) is 0 Å². The van der Waals surface area contributed by atoms with Gasteiger partial charge in [0.15, 0.2) is 11.5 Å². The van der Waals surface area contributed by atoms with E-state index in [0.29, 0.717) is 24.6 Å². The molecule has 6 nitrogen and oxygen atoms in total. The van der Waals surface area contributed by atoms with E-state index >= 15 is 0 Å². The highest BCUT2D eigenvalue weighted by atomic mass is 16.5. The van der Waals surface area contributed by atoms with E-state index in [0.717, 1.165) is 17.5 Å². The van der Waals surface area contributed by atoms with Crippen LogP contribution in [0.2, 0.25) is 0 Å². The Labute approximate surface area is 129 Å². The van der Waals surface area contributed by atoms with Crippen LogP contribution in [0.4, 0.5) is 0 Å². The van der Waals surface area contributed by atoms with Gasteiger partial charge >= 0.3 is 5.97 Å². The first kappa shape index (κ1) is 16.1. The van der Waals surface area contributed by atoms with E-state index in [2.05, 4.69) is 4.74 Å². The molecular formula is C16H21NO5. The van der Waals surface area contributed by atoms with Gasteiger partial charge in [0.25, 0.3) is 0 Å². The topological polar surface area (TPSA) is 65.1 Å². The molecule has 1 aliphatic rings. The number of esters is 1. The number of ether oxygens (including phenoxy) is 3. The van der Waals surface area contributed by atoms with Crippen LogP contribution in [0, 0.1) is 0 Å². The Hall–Kier alpha value is -2.24. The molecule has 0 aliphatic carbocycles. The molecule has 1 amide bonds. The van der Waals surface area contributed by atoms with Crippen LogP contribution in [0.5, 0.6) is 11.5 Å². The minimum atomic E-state index is -0.364. The van der Waals surface area contributed by atoms with E-state index in [9.17, 15) is 9.59 Å². The molecule has 0 fully saturated rings. The lowest BCUT2D eigenvalue weighted by atomic mass is 9.98. The van der Waals surface area contributed by atoms with E-state index in [-0.39, 0.29) is 24.7 Å². The fourth-order valence-corrected chi connectivity index (χ4v) is 2.57. The van der Waals surface area contributed by atoms with Gasteiger partial charge in [-0.15, -0.1) is 0 Å². The molecule has 0 spiro atoms. The molecule has 22 heavy (non-hydrogen) atoms. The van der Waals surface area contributed by atoms with Crippen LogP contribution < -0.4 is 9.47 Å². The van der Waals surface area contributed by atoms with Crippen molar-refractivity contribution in [2.45, 2.75) is 25.8 Å². The molecule has 0 saturated carbocycles. The van der Waals surface area contributed by atoms with Crippen LogP contribution in [-0.2, 0) is 27.3 Å². The van der Waals surface area contributed by atoms with Gasteiger partial charge < -0.3 is 19.1 Å². The molecule has 1 aliphatic heterocycles. The van der Waals surface area contributed by atoms with Crippen LogP contribution in [0.25, 0.3) is 0 Å². The molecule has 1 aromatic rings. The van der Waals surface area contributed by atoms with E-state index in [4.69, 9.17) is 9.47 Å². The van der Waals surface area contributed by atoms with Gasteiger partial charge in [0.05, 0.1) is 27.8 Å². The molecule has 0 bridgehead atoms. The Kier molecular flexibility index (Phi) is 5.25. The zero-order valence-electron chi connectivity index (χ0n) is 13.2. The number of benzene rings is 1. The van der Waals surface area contributed by atoms with Crippen LogP contribution in [0.1, 0.15) is 24.0 Å². The lowest BCUT2D eigenvalue weighted by Gasteiger charge is -2.29. The molecule has 0 aromatic heterocycles. The summed E-state index contributed by atoms with van der Waals surface area (Å²) < 4.78 is 15.2. The molecule has 6 heteroatoms. The second-order valence-electron chi connectivity index (χ2n) is 5.12. The molecule has 0 N–H and O–H groups in total. The number of nitrogens with zero attached hydrogens (tertiary/aromatic N) is 1. The monoisotopic (exact) mass is 307 g/mol. The van der Waals surface area contributed by atoms with Gasteiger partial charge in [0.1, 0.15) is 0 Å². The summed E-state index contributed by atoms with van der Waals surface area (Å²) >= 11 is 0. The molecule has 120 valence electrons. The van der Waals surface area contributed by atoms with Crippen LogP contribution in [0.15, 0.2) is 12.1 Å². The average molecular weight is 307 g/mol. The van der Waals surface area contributed by atoms with Crippen LogP contribution >= 0.6 is 0 Å². The highest BCUT2D eigenvalue weighted by Crippen LogP contribution is 2.33. The summed E-state index contributed by atoms with van der Waals surface area (Å²) in [6.07, 6.45) is 1.06. The maximum absolute atomic E-state index is 12.2. The van der Waals surface area contributed by atoms with Crippen molar-refractivity contribution in [2.24, 2.45) is 0 Å². The van der Waals surface area contributed by atoms with Crippen LogP contribution in [0.3, 0.4) is 0 Å². The summed E-state index contributed by atoms with van der Waals surface area (Å²) in [6, 6.07) is 3.87. The third-order valence-electron chi connectivity index (χ3n) is 3.84. The predicted molar refractivity (Wildman–Crippen MR) is 79.9 cm³/mol. The minimum Gasteiger partial charge on any atom is -0.493 e. The second kappa shape index (κ2) is 7.15. The zero-order chi connectivity index (χ0) is 16.1. The van der Waals surface area contributed by atoms with Crippen LogP contribution in [-0.4, -0.2) is 44.7 Å². The second-order valence-corrected chi connectivity index (χ2v) is 5.12. The largest absolute Gasteiger partial charge is 0.493 e. The van der Waals surface area contributed by atoms with Gasteiger partial charge in [0, 0.05) is 19.5 Å². The summed E-state index contributed by atoms with van der Waals surface area (Å²) in [5, 5.41) is 0. The molecule has 0 radical (unpaired) electrons. The van der Waals surface area contributed by atoms with Gasteiger partial charge in [-0.3, -0.25) is 9.59 Å². The van der Waals surface area contributed by atoms with E-state index in [1.807, 2.05) is 12.1 Å². The molecule has 0 atom stereocenters. The maximum atomic E-state index is 12.2. The van der Waals surface area contributed by atoms with Gasteiger partial charge in [0.2, 0.25) is 5.91 Å². The number of carbonyl (C=O) groups excluding carboxylic acids is 2. The van der Waals surface area contributed by atoms with Crippen molar-refractivity contribution >= 4 is 11.9 Å². The number of amides is 1. The smallest absolute Gasteiger partial charge is 0.306 e. The number of fused-ring (bicyclic) bond motifs is 1. The van der Waals surface area contributed by atoms with Gasteiger partial charge in [-0.2, -0.15) is 0 Å². The summed E-state index contributed by atoms with van der Waals surface area (Å²) in [5.41, 5.74) is 2.21. The van der Waals surface area contributed by atoms with E-state index in [1.54, 1.807) is 19.1 Å². The highest BCUT2D eigenvalue weighted by Gasteiger charge is 2.23. The van der Waals surface area contributed by atoms with Crippen molar-refractivity contribution in [3.05, 3.63) is 23.3 Å². The van der Waals surface area contributed by atoms with E-state index in [1.165, 1.54) is 7.11 Å². The highest BCUT2D eigenvalue weighted by molar-refractivity contribution is 5.81. The number of hydrogen-bond donors (Lipinski definition) is 0.